The van der Waals surface area contributed by atoms with E-state index in [1.807, 2.05) is 6.92 Å². The lowest BCUT2D eigenvalue weighted by Crippen LogP contribution is -2.50. The van der Waals surface area contributed by atoms with Crippen LogP contribution in [0.1, 0.15) is 38.7 Å². The van der Waals surface area contributed by atoms with Crippen LogP contribution >= 0.6 is 27.5 Å². The highest BCUT2D eigenvalue weighted by Crippen LogP contribution is 2.56. The Balaban J connectivity index is 1.42. The molecule has 0 aromatic heterocycles. The largest absolute Gasteiger partial charge is 0.454 e. The number of anilines is 1. The zero-order valence-electron chi connectivity index (χ0n) is 18.2. The van der Waals surface area contributed by atoms with Crippen LogP contribution in [0.3, 0.4) is 0 Å². The number of esters is 1. The molecule has 172 valence electrons. The average Bonchev–Trinajstić information content (AvgIpc) is 3.40. The van der Waals surface area contributed by atoms with Crippen LogP contribution in [-0.4, -0.2) is 41.2 Å². The van der Waals surface area contributed by atoms with E-state index in [1.54, 1.807) is 26.0 Å². The van der Waals surface area contributed by atoms with Crippen molar-refractivity contribution in [2.45, 2.75) is 46.1 Å². The molecule has 1 heterocycles. The maximum atomic E-state index is 13.1. The summed E-state index contributed by atoms with van der Waals surface area (Å²) in [5, 5.41) is 3.11. The minimum atomic E-state index is -1.03. The molecule has 2 bridgehead atoms. The number of imide groups is 1. The lowest BCUT2D eigenvalue weighted by Gasteiger charge is -2.28. The van der Waals surface area contributed by atoms with Gasteiger partial charge in [0.1, 0.15) is 6.04 Å². The van der Waals surface area contributed by atoms with E-state index in [2.05, 4.69) is 21.2 Å². The minimum Gasteiger partial charge on any atom is -0.454 e. The molecule has 0 spiro atoms. The van der Waals surface area contributed by atoms with Crippen molar-refractivity contribution in [1.82, 2.24) is 4.90 Å². The average molecular weight is 526 g/mol. The summed E-state index contributed by atoms with van der Waals surface area (Å²) in [4.78, 5) is 52.6. The molecule has 9 heteroatoms. The van der Waals surface area contributed by atoms with Crippen molar-refractivity contribution >= 4 is 56.9 Å². The molecule has 0 radical (unpaired) electrons. The number of hydrogen-bond donors (Lipinski definition) is 1. The SMILES string of the molecule is Cc1cc(Br)c(Cl)cc1NC(=O)COC(=O)[C@H](C(C)C)N1C(=O)[C@@H]2[C@H]3CC[C@@H](C3)[C@H]2C1=O. The van der Waals surface area contributed by atoms with Crippen LogP contribution in [0, 0.1) is 36.5 Å². The Bertz CT molecular complexity index is 969. The van der Waals surface area contributed by atoms with Gasteiger partial charge in [0.2, 0.25) is 11.8 Å². The molecule has 5 atom stereocenters. The number of nitrogens with one attached hydrogen (secondary N) is 1. The van der Waals surface area contributed by atoms with E-state index in [0.717, 1.165) is 29.7 Å². The first-order valence-electron chi connectivity index (χ1n) is 10.9. The fraction of sp³-hybridized carbons (Fsp3) is 0.565. The fourth-order valence-corrected chi connectivity index (χ4v) is 6.19. The summed E-state index contributed by atoms with van der Waals surface area (Å²) in [6.45, 7) is 4.82. The van der Waals surface area contributed by atoms with Crippen LogP contribution in [0.2, 0.25) is 5.02 Å². The molecule has 3 aliphatic rings. The molecule has 1 saturated heterocycles. The predicted octanol–water partition coefficient (Wildman–Crippen LogP) is 3.95. The number of rotatable bonds is 6. The number of carbonyl (C=O) groups excluding carboxylic acids is 4. The van der Waals surface area contributed by atoms with Crippen molar-refractivity contribution in [1.29, 1.82) is 0 Å². The van der Waals surface area contributed by atoms with E-state index in [-0.39, 0.29) is 41.4 Å². The lowest BCUT2D eigenvalue weighted by atomic mass is 9.81. The van der Waals surface area contributed by atoms with Crippen molar-refractivity contribution in [3.8, 4) is 0 Å². The third kappa shape index (κ3) is 3.96. The van der Waals surface area contributed by atoms with Gasteiger partial charge in [0.05, 0.1) is 16.9 Å². The maximum absolute atomic E-state index is 13.1. The summed E-state index contributed by atoms with van der Waals surface area (Å²) in [5.41, 5.74) is 1.29. The monoisotopic (exact) mass is 524 g/mol. The molecule has 3 fully saturated rings. The van der Waals surface area contributed by atoms with E-state index in [0.29, 0.717) is 15.2 Å². The second-order valence-electron chi connectivity index (χ2n) is 9.36. The number of halogens is 2. The second-order valence-corrected chi connectivity index (χ2v) is 10.6. The molecule has 3 amide bonds. The molecule has 32 heavy (non-hydrogen) atoms. The summed E-state index contributed by atoms with van der Waals surface area (Å²) >= 11 is 9.41. The van der Waals surface area contributed by atoms with Crippen LogP contribution in [0.15, 0.2) is 16.6 Å². The summed E-state index contributed by atoms with van der Waals surface area (Å²) in [6, 6.07) is 2.34. The van der Waals surface area contributed by atoms with Crippen LogP contribution in [0.5, 0.6) is 0 Å². The van der Waals surface area contributed by atoms with E-state index in [1.165, 1.54) is 0 Å². The van der Waals surface area contributed by atoms with Crippen molar-refractivity contribution < 1.29 is 23.9 Å². The predicted molar refractivity (Wildman–Crippen MR) is 122 cm³/mol. The molecule has 4 rings (SSSR count). The Hall–Kier alpha value is -1.93. The molecule has 2 aliphatic carbocycles. The van der Waals surface area contributed by atoms with Crippen LogP contribution in [0.4, 0.5) is 5.69 Å². The molecule has 0 unspecified atom stereocenters. The Morgan fingerprint density at radius 2 is 1.78 bits per heavy atom. The smallest absolute Gasteiger partial charge is 0.330 e. The van der Waals surface area contributed by atoms with E-state index in [9.17, 15) is 19.2 Å². The maximum Gasteiger partial charge on any atom is 0.330 e. The summed E-state index contributed by atoms with van der Waals surface area (Å²) in [6.07, 6.45) is 2.86. The van der Waals surface area contributed by atoms with Gasteiger partial charge in [0.25, 0.3) is 5.91 Å². The van der Waals surface area contributed by atoms with Gasteiger partial charge in [-0.1, -0.05) is 25.4 Å². The van der Waals surface area contributed by atoms with Crippen molar-refractivity contribution in [3.63, 3.8) is 0 Å². The Morgan fingerprint density at radius 3 is 2.34 bits per heavy atom. The van der Waals surface area contributed by atoms with Gasteiger partial charge < -0.3 is 10.1 Å². The molecule has 7 nitrogen and oxygen atoms in total. The Morgan fingerprint density at radius 1 is 1.19 bits per heavy atom. The zero-order valence-corrected chi connectivity index (χ0v) is 20.5. The number of ether oxygens (including phenoxy) is 1. The number of fused-ring (bicyclic) bond motifs is 5. The first-order chi connectivity index (χ1) is 15.1. The molecular formula is C23H26BrClN2O5. The van der Waals surface area contributed by atoms with Crippen LogP contribution in [0.25, 0.3) is 0 Å². The summed E-state index contributed by atoms with van der Waals surface area (Å²) < 4.78 is 5.96. The van der Waals surface area contributed by atoms with Gasteiger partial charge in [-0.05, 0) is 77.6 Å². The first kappa shape index (κ1) is 23.2. The van der Waals surface area contributed by atoms with Gasteiger partial charge in [0.15, 0.2) is 6.61 Å². The normalized spacial score (nSPS) is 27.1. The van der Waals surface area contributed by atoms with Crippen LogP contribution in [-0.2, 0) is 23.9 Å². The van der Waals surface area contributed by atoms with Gasteiger partial charge in [-0.15, -0.1) is 0 Å². The highest BCUT2D eigenvalue weighted by atomic mass is 79.9. The van der Waals surface area contributed by atoms with Gasteiger partial charge in [0, 0.05) is 10.2 Å². The zero-order chi connectivity index (χ0) is 23.3. The second kappa shape index (κ2) is 8.78. The third-order valence-electron chi connectivity index (χ3n) is 7.00. The van der Waals surface area contributed by atoms with Crippen molar-refractivity contribution in [2.24, 2.45) is 29.6 Å². The van der Waals surface area contributed by atoms with Crippen molar-refractivity contribution in [3.05, 3.63) is 27.2 Å². The molecule has 1 aromatic rings. The summed E-state index contributed by atoms with van der Waals surface area (Å²) in [5.74, 6) is -2.25. The molecular weight excluding hydrogens is 500 g/mol. The number of benzene rings is 1. The van der Waals surface area contributed by atoms with E-state index in [4.69, 9.17) is 16.3 Å². The minimum absolute atomic E-state index is 0.238. The van der Waals surface area contributed by atoms with Gasteiger partial charge in [-0.3, -0.25) is 19.3 Å². The number of amides is 3. The van der Waals surface area contributed by atoms with Gasteiger partial charge in [-0.2, -0.15) is 0 Å². The molecule has 2 saturated carbocycles. The Kier molecular flexibility index (Phi) is 6.38. The van der Waals surface area contributed by atoms with Gasteiger partial charge in [-0.25, -0.2) is 4.79 Å². The fourth-order valence-electron chi connectivity index (χ4n) is 5.57. The topological polar surface area (TPSA) is 92.8 Å². The number of aryl methyl sites for hydroxylation is 1. The first-order valence-corrected chi connectivity index (χ1v) is 12.1. The molecule has 1 aromatic carbocycles. The van der Waals surface area contributed by atoms with Crippen LogP contribution < -0.4 is 5.32 Å². The quantitative estimate of drug-likeness (QED) is 0.448. The third-order valence-corrected chi connectivity index (χ3v) is 8.20. The Labute approximate surface area is 200 Å². The van der Waals surface area contributed by atoms with E-state index < -0.39 is 24.5 Å². The number of hydrogen-bond acceptors (Lipinski definition) is 5. The lowest BCUT2D eigenvalue weighted by molar-refractivity contribution is -0.162. The van der Waals surface area contributed by atoms with E-state index >= 15 is 0 Å². The highest BCUT2D eigenvalue weighted by Gasteiger charge is 2.62. The number of likely N-dealkylation sites (tertiary alicyclic amines) is 1. The number of nitrogens with zero attached hydrogens (tertiary/aromatic N) is 1. The number of carbonyl (C=O) groups is 4. The standard InChI is InChI=1S/C23H26BrClN2O5/c1-10(2)20(27-21(29)18-12-4-5-13(7-12)19(18)22(27)30)23(31)32-9-17(28)26-16-8-15(25)14(24)6-11(16)3/h6,8,10,12-13,18-20H,4-5,7,9H2,1-3H3,(H,26,28)/t12-,13-,18+,19+,20-/m0/s1. The summed E-state index contributed by atoms with van der Waals surface area (Å²) in [7, 11) is 0. The molecule has 1 N–H and O–H groups in total. The molecule has 1 aliphatic heterocycles. The highest BCUT2D eigenvalue weighted by molar-refractivity contribution is 9.10. The van der Waals surface area contributed by atoms with Gasteiger partial charge >= 0.3 is 5.97 Å². The van der Waals surface area contributed by atoms with Crippen molar-refractivity contribution in [2.75, 3.05) is 11.9 Å².